The number of phenolic OH excluding ortho intramolecular Hbond substituents is 2. The van der Waals surface area contributed by atoms with E-state index in [1.807, 2.05) is 0 Å². The van der Waals surface area contributed by atoms with Gasteiger partial charge in [-0.25, -0.2) is 24.4 Å². The number of hydrogen-bond donors (Lipinski definition) is 6. The van der Waals surface area contributed by atoms with E-state index in [4.69, 9.17) is 34.5 Å². The molecule has 0 spiro atoms. The Hall–Kier alpha value is -6.40. The number of nitrogens with zero attached hydrogens (tertiary/aromatic N) is 3. The quantitative estimate of drug-likeness (QED) is 0.0774. The lowest BCUT2D eigenvalue weighted by Crippen LogP contribution is -2.01. The fourth-order valence-electron chi connectivity index (χ4n) is 3.93. The van der Waals surface area contributed by atoms with Crippen molar-refractivity contribution >= 4 is 55.8 Å². The molecule has 0 aliphatic rings. The lowest BCUT2D eigenvalue weighted by Gasteiger charge is -2.08. The molecule has 250 valence electrons. The van der Waals surface area contributed by atoms with E-state index in [2.05, 4.69) is 15.1 Å². The van der Waals surface area contributed by atoms with Gasteiger partial charge in [-0.1, -0.05) is 0 Å². The standard InChI is InChI=1S/C14H10N2O6S.C8H7NO4.C8H8O4/c1-22-12-5-7(14(17)18)4-11-13(12)16-10-6-8(23(19,20)21)2-3-9(10)15-11;1-4-2-5(8(11)12)3-6(9-13)7(4)10;1-12-7-4-5(8(10)11)2-3-6(7)9/h2-6H,1H3,(H,17,18)(H,19,20,21);2-3,10H,1H3,(H,11,12);2-4,9H,1H3,(H,10,11). The van der Waals surface area contributed by atoms with Crippen molar-refractivity contribution < 1.29 is 62.4 Å². The molecule has 17 nitrogen and oxygen atoms in total. The van der Waals surface area contributed by atoms with Gasteiger partial charge >= 0.3 is 17.9 Å². The zero-order valence-corrected chi connectivity index (χ0v) is 25.8. The van der Waals surface area contributed by atoms with Crippen LogP contribution in [0.25, 0.3) is 22.1 Å². The zero-order chi connectivity index (χ0) is 35.9. The van der Waals surface area contributed by atoms with Gasteiger partial charge in [0.25, 0.3) is 10.1 Å². The summed E-state index contributed by atoms with van der Waals surface area (Å²) in [5.41, 5.74) is 1.26. The van der Waals surface area contributed by atoms with Gasteiger partial charge in [0.05, 0.1) is 52.4 Å². The van der Waals surface area contributed by atoms with Gasteiger partial charge in [-0.05, 0) is 78.3 Å². The highest BCUT2D eigenvalue weighted by molar-refractivity contribution is 7.85. The van der Waals surface area contributed by atoms with Crippen molar-refractivity contribution in [2.75, 3.05) is 14.2 Å². The summed E-state index contributed by atoms with van der Waals surface area (Å²) in [5.74, 6) is -3.32. The number of phenols is 2. The largest absolute Gasteiger partial charge is 0.505 e. The summed E-state index contributed by atoms with van der Waals surface area (Å²) >= 11 is 0. The normalized spacial score (nSPS) is 10.6. The third-order valence-corrected chi connectivity index (χ3v) is 7.14. The zero-order valence-electron chi connectivity index (χ0n) is 25.0. The molecule has 0 bridgehead atoms. The van der Waals surface area contributed by atoms with Crippen LogP contribution in [0.4, 0.5) is 5.69 Å². The van der Waals surface area contributed by atoms with Crippen molar-refractivity contribution in [3.8, 4) is 23.0 Å². The van der Waals surface area contributed by atoms with Gasteiger partial charge < -0.3 is 35.0 Å². The van der Waals surface area contributed by atoms with Crippen LogP contribution in [0.3, 0.4) is 0 Å². The SMILES string of the molecule is COc1cc(C(=O)O)cc2nc3ccc(S(=O)(=O)O)cc3nc12.COc1cc(C(=O)O)ccc1O.Cc1cc(C(=O)O)cc(N=O)c1O. The van der Waals surface area contributed by atoms with Gasteiger partial charge in [0.1, 0.15) is 17.0 Å². The number of fused-ring (bicyclic) bond motifs is 2. The number of carbonyl (C=O) groups is 3. The first kappa shape index (κ1) is 36.1. The summed E-state index contributed by atoms with van der Waals surface area (Å²) in [7, 11) is -1.63. The summed E-state index contributed by atoms with van der Waals surface area (Å²) in [6.07, 6.45) is 0. The summed E-state index contributed by atoms with van der Waals surface area (Å²) in [6, 6.07) is 12.5. The number of carboxylic acids is 3. The van der Waals surface area contributed by atoms with Crippen LogP contribution in [0, 0.1) is 11.8 Å². The van der Waals surface area contributed by atoms with Crippen molar-refractivity contribution in [1.29, 1.82) is 0 Å². The molecule has 1 aromatic heterocycles. The number of aromatic nitrogens is 2. The minimum Gasteiger partial charge on any atom is -0.505 e. The minimum atomic E-state index is -4.36. The fraction of sp³-hybridized carbons (Fsp3) is 0.100. The van der Waals surface area contributed by atoms with Crippen LogP contribution in [0.1, 0.15) is 36.6 Å². The summed E-state index contributed by atoms with van der Waals surface area (Å²) in [5, 5.41) is 47.1. The molecule has 0 aliphatic carbocycles. The highest BCUT2D eigenvalue weighted by Crippen LogP contribution is 2.31. The predicted molar refractivity (Wildman–Crippen MR) is 167 cm³/mol. The van der Waals surface area contributed by atoms with Crippen LogP contribution in [0.5, 0.6) is 23.0 Å². The van der Waals surface area contributed by atoms with Gasteiger partial charge in [-0.15, -0.1) is 4.91 Å². The summed E-state index contributed by atoms with van der Waals surface area (Å²) < 4.78 is 41.3. The minimum absolute atomic E-state index is 0.00226. The monoisotopic (exact) mass is 683 g/mol. The molecule has 1 heterocycles. The highest BCUT2D eigenvalue weighted by atomic mass is 32.2. The molecule has 18 heteroatoms. The van der Waals surface area contributed by atoms with Gasteiger partial charge in [-0.3, -0.25) is 4.55 Å². The number of aromatic carboxylic acids is 3. The van der Waals surface area contributed by atoms with Gasteiger partial charge in [0.15, 0.2) is 17.2 Å². The van der Waals surface area contributed by atoms with E-state index < -0.39 is 28.0 Å². The van der Waals surface area contributed by atoms with Crippen LogP contribution < -0.4 is 9.47 Å². The Kier molecular flexibility index (Phi) is 11.1. The molecule has 5 rings (SSSR count). The molecule has 6 N–H and O–H groups in total. The fourth-order valence-corrected chi connectivity index (χ4v) is 4.43. The lowest BCUT2D eigenvalue weighted by molar-refractivity contribution is 0.0685. The molecule has 0 fully saturated rings. The van der Waals surface area contributed by atoms with Crippen molar-refractivity contribution in [2.24, 2.45) is 5.18 Å². The topological polar surface area (TPSA) is 280 Å². The second-order valence-electron chi connectivity index (χ2n) is 9.45. The maximum Gasteiger partial charge on any atom is 0.335 e. The van der Waals surface area contributed by atoms with Crippen molar-refractivity contribution in [2.45, 2.75) is 11.8 Å². The van der Waals surface area contributed by atoms with Crippen LogP contribution in [-0.4, -0.2) is 80.6 Å². The number of rotatable bonds is 7. The van der Waals surface area contributed by atoms with Crippen LogP contribution in [0.15, 0.2) is 70.7 Å². The van der Waals surface area contributed by atoms with E-state index in [0.717, 1.165) is 6.07 Å². The molecule has 5 aromatic rings. The van der Waals surface area contributed by atoms with E-state index in [1.54, 1.807) is 0 Å². The lowest BCUT2D eigenvalue weighted by atomic mass is 10.1. The van der Waals surface area contributed by atoms with Gasteiger partial charge in [-0.2, -0.15) is 8.42 Å². The molecule has 0 saturated heterocycles. The molecule has 0 unspecified atom stereocenters. The van der Waals surface area contributed by atoms with E-state index in [0.29, 0.717) is 16.6 Å². The number of methoxy groups -OCH3 is 2. The van der Waals surface area contributed by atoms with E-state index >= 15 is 0 Å². The Bertz CT molecular complexity index is 2190. The number of carboxylic acid groups (broad SMARTS) is 3. The van der Waals surface area contributed by atoms with Crippen molar-refractivity contribution in [3.05, 3.63) is 87.8 Å². The van der Waals surface area contributed by atoms with Crippen LogP contribution in [-0.2, 0) is 10.1 Å². The summed E-state index contributed by atoms with van der Waals surface area (Å²) in [6.45, 7) is 1.50. The maximum absolute atomic E-state index is 11.2. The van der Waals surface area contributed by atoms with Crippen LogP contribution in [0.2, 0.25) is 0 Å². The van der Waals surface area contributed by atoms with Gasteiger partial charge in [0.2, 0.25) is 0 Å². The number of ether oxygens (including phenoxy) is 2. The van der Waals surface area contributed by atoms with Crippen molar-refractivity contribution in [1.82, 2.24) is 9.97 Å². The average Bonchev–Trinajstić information content (AvgIpc) is 3.04. The average molecular weight is 684 g/mol. The third-order valence-electron chi connectivity index (χ3n) is 6.29. The molecule has 0 radical (unpaired) electrons. The number of aromatic hydroxyl groups is 2. The number of hydrogen-bond acceptors (Lipinski definition) is 13. The highest BCUT2D eigenvalue weighted by Gasteiger charge is 2.16. The number of nitroso groups, excluding NO2 is 1. The van der Waals surface area contributed by atoms with E-state index in [1.165, 1.54) is 75.7 Å². The Morgan fingerprint density at radius 1 is 0.708 bits per heavy atom. The van der Waals surface area contributed by atoms with Crippen LogP contribution >= 0.6 is 0 Å². The smallest absolute Gasteiger partial charge is 0.335 e. The third kappa shape index (κ3) is 8.44. The molecule has 4 aromatic carbocycles. The van der Waals surface area contributed by atoms with Gasteiger partial charge in [0, 0.05) is 0 Å². The molecule has 0 saturated carbocycles. The second kappa shape index (κ2) is 14.8. The Balaban J connectivity index is 0.000000213. The number of benzene rings is 4. The Morgan fingerprint density at radius 3 is 1.83 bits per heavy atom. The number of aryl methyl sites for hydroxylation is 1. The first-order chi connectivity index (χ1) is 22.5. The predicted octanol–water partition coefficient (Wildman–Crippen LogP) is 4.63. The molecular formula is C30H25N3O14S. The molecule has 0 atom stereocenters. The first-order valence-electron chi connectivity index (χ1n) is 13.0. The first-order valence-corrected chi connectivity index (χ1v) is 14.5. The maximum atomic E-state index is 11.2. The van der Waals surface area contributed by atoms with Crippen molar-refractivity contribution in [3.63, 3.8) is 0 Å². The Labute approximate surface area is 270 Å². The second-order valence-corrected chi connectivity index (χ2v) is 10.9. The molecular weight excluding hydrogens is 658 g/mol. The Morgan fingerprint density at radius 2 is 1.29 bits per heavy atom. The van der Waals surface area contributed by atoms with E-state index in [-0.39, 0.29) is 61.3 Å². The molecule has 0 amide bonds. The molecule has 0 aliphatic heterocycles. The molecule has 48 heavy (non-hydrogen) atoms. The van der Waals surface area contributed by atoms with E-state index in [9.17, 15) is 32.8 Å². The summed E-state index contributed by atoms with van der Waals surface area (Å²) in [4.78, 5) is 50.5.